The van der Waals surface area contributed by atoms with Crippen LogP contribution in [0.1, 0.15) is 43.9 Å². The average Bonchev–Trinajstić information content (AvgIpc) is 2.96. The Hall–Kier alpha value is -0.990. The number of hydrogen-bond acceptors (Lipinski definition) is 2. The molecule has 0 saturated heterocycles. The standard InChI is InChI=1S/C14H23N3/c1-3-12-13(16-17(2)14(12)15)8-11-7-9-4-5-10(11)6-9/h9-11H,3-8,15H2,1-2H3. The van der Waals surface area contributed by atoms with E-state index in [1.54, 1.807) is 0 Å². The number of aromatic nitrogens is 2. The molecular weight excluding hydrogens is 210 g/mol. The number of nitrogen functional groups attached to an aromatic ring is 1. The first-order chi connectivity index (χ1) is 8.19. The molecule has 3 atom stereocenters. The van der Waals surface area contributed by atoms with Gasteiger partial charge < -0.3 is 5.73 Å². The summed E-state index contributed by atoms with van der Waals surface area (Å²) in [7, 11) is 1.96. The van der Waals surface area contributed by atoms with Gasteiger partial charge in [-0.2, -0.15) is 5.10 Å². The summed E-state index contributed by atoms with van der Waals surface area (Å²) in [5.74, 6) is 3.75. The summed E-state index contributed by atoms with van der Waals surface area (Å²) in [5, 5.41) is 4.62. The van der Waals surface area contributed by atoms with E-state index in [0.29, 0.717) is 0 Å². The van der Waals surface area contributed by atoms with Gasteiger partial charge in [-0.05, 0) is 49.9 Å². The molecular formula is C14H23N3. The monoisotopic (exact) mass is 233 g/mol. The fourth-order valence-electron chi connectivity index (χ4n) is 4.06. The molecule has 1 aromatic heterocycles. The minimum Gasteiger partial charge on any atom is -0.384 e. The summed E-state index contributed by atoms with van der Waals surface area (Å²) in [4.78, 5) is 0. The number of fused-ring (bicyclic) bond motifs is 2. The van der Waals surface area contributed by atoms with Gasteiger partial charge in [-0.1, -0.05) is 13.3 Å². The second-order valence-electron chi connectivity index (χ2n) is 5.93. The molecule has 0 radical (unpaired) electrons. The summed E-state index contributed by atoms with van der Waals surface area (Å²) in [6.45, 7) is 2.18. The topological polar surface area (TPSA) is 43.8 Å². The molecule has 3 rings (SSSR count). The van der Waals surface area contributed by atoms with E-state index in [1.165, 1.54) is 36.9 Å². The second kappa shape index (κ2) is 4.04. The molecule has 2 N–H and O–H groups in total. The van der Waals surface area contributed by atoms with Gasteiger partial charge in [-0.3, -0.25) is 4.68 Å². The molecule has 0 spiro atoms. The van der Waals surface area contributed by atoms with Crippen molar-refractivity contribution in [2.24, 2.45) is 24.8 Å². The van der Waals surface area contributed by atoms with E-state index in [4.69, 9.17) is 5.73 Å². The highest BCUT2D eigenvalue weighted by atomic mass is 15.3. The third-order valence-corrected chi connectivity index (χ3v) is 4.97. The van der Waals surface area contributed by atoms with Gasteiger partial charge in [0.2, 0.25) is 0 Å². The molecule has 2 saturated carbocycles. The first-order valence-electron chi connectivity index (χ1n) is 6.99. The lowest BCUT2D eigenvalue weighted by Gasteiger charge is -2.20. The number of aryl methyl sites for hydroxylation is 1. The number of anilines is 1. The predicted molar refractivity (Wildman–Crippen MR) is 69.6 cm³/mol. The van der Waals surface area contributed by atoms with Crippen LogP contribution in [-0.4, -0.2) is 9.78 Å². The van der Waals surface area contributed by atoms with E-state index >= 15 is 0 Å². The second-order valence-corrected chi connectivity index (χ2v) is 5.93. The first-order valence-corrected chi connectivity index (χ1v) is 6.99. The molecule has 17 heavy (non-hydrogen) atoms. The molecule has 1 heterocycles. The van der Waals surface area contributed by atoms with Crippen molar-refractivity contribution in [3.8, 4) is 0 Å². The SMILES string of the molecule is CCc1c(CC2CC3CCC2C3)nn(C)c1N. The van der Waals surface area contributed by atoms with Crippen molar-refractivity contribution < 1.29 is 0 Å². The van der Waals surface area contributed by atoms with Crippen molar-refractivity contribution in [3.05, 3.63) is 11.3 Å². The summed E-state index contributed by atoms with van der Waals surface area (Å²) in [6, 6.07) is 0. The fourth-order valence-corrected chi connectivity index (χ4v) is 4.06. The molecule has 2 aliphatic rings. The average molecular weight is 233 g/mol. The van der Waals surface area contributed by atoms with E-state index in [-0.39, 0.29) is 0 Å². The largest absolute Gasteiger partial charge is 0.384 e. The molecule has 2 aliphatic carbocycles. The third kappa shape index (κ3) is 1.76. The van der Waals surface area contributed by atoms with Gasteiger partial charge in [0, 0.05) is 12.6 Å². The molecule has 0 aromatic carbocycles. The van der Waals surface area contributed by atoms with Gasteiger partial charge in [0.1, 0.15) is 5.82 Å². The van der Waals surface area contributed by atoms with Crippen molar-refractivity contribution in [1.82, 2.24) is 9.78 Å². The van der Waals surface area contributed by atoms with Crippen LogP contribution in [0.15, 0.2) is 0 Å². The van der Waals surface area contributed by atoms with E-state index < -0.39 is 0 Å². The van der Waals surface area contributed by atoms with Crippen molar-refractivity contribution in [2.45, 2.75) is 45.4 Å². The van der Waals surface area contributed by atoms with Gasteiger partial charge >= 0.3 is 0 Å². The van der Waals surface area contributed by atoms with Crippen molar-refractivity contribution in [3.63, 3.8) is 0 Å². The predicted octanol–water partition coefficient (Wildman–Crippen LogP) is 2.54. The van der Waals surface area contributed by atoms with Crippen molar-refractivity contribution in [2.75, 3.05) is 5.73 Å². The smallest absolute Gasteiger partial charge is 0.124 e. The maximum Gasteiger partial charge on any atom is 0.124 e. The van der Waals surface area contributed by atoms with Crippen LogP contribution in [0.25, 0.3) is 0 Å². The van der Waals surface area contributed by atoms with Gasteiger partial charge in [-0.25, -0.2) is 0 Å². The Labute approximate surface area is 103 Å². The Morgan fingerprint density at radius 2 is 2.18 bits per heavy atom. The van der Waals surface area contributed by atoms with Gasteiger partial charge in [-0.15, -0.1) is 0 Å². The summed E-state index contributed by atoms with van der Waals surface area (Å²) in [6.07, 6.45) is 8.02. The number of nitrogens with zero attached hydrogens (tertiary/aromatic N) is 2. The molecule has 3 unspecified atom stereocenters. The summed E-state index contributed by atoms with van der Waals surface area (Å²) < 4.78 is 1.85. The Morgan fingerprint density at radius 3 is 2.76 bits per heavy atom. The third-order valence-electron chi connectivity index (χ3n) is 4.97. The molecule has 1 aromatic rings. The highest BCUT2D eigenvalue weighted by Gasteiger charge is 2.39. The zero-order valence-corrected chi connectivity index (χ0v) is 10.9. The minimum absolute atomic E-state index is 0.866. The zero-order valence-electron chi connectivity index (χ0n) is 10.9. The number of hydrogen-bond donors (Lipinski definition) is 1. The Bertz CT molecular complexity index is 421. The molecule has 3 heteroatoms. The van der Waals surface area contributed by atoms with E-state index in [0.717, 1.165) is 36.4 Å². The highest BCUT2D eigenvalue weighted by molar-refractivity contribution is 5.43. The van der Waals surface area contributed by atoms with E-state index in [9.17, 15) is 0 Å². The van der Waals surface area contributed by atoms with Crippen LogP contribution in [0, 0.1) is 17.8 Å². The van der Waals surface area contributed by atoms with Crippen LogP contribution >= 0.6 is 0 Å². The Morgan fingerprint density at radius 1 is 1.35 bits per heavy atom. The Kier molecular flexibility index (Phi) is 2.64. The Balaban J connectivity index is 1.79. The van der Waals surface area contributed by atoms with Gasteiger partial charge in [0.25, 0.3) is 0 Å². The van der Waals surface area contributed by atoms with Crippen LogP contribution < -0.4 is 5.73 Å². The molecule has 2 fully saturated rings. The first kappa shape index (κ1) is 11.1. The zero-order chi connectivity index (χ0) is 12.0. The molecule has 0 aliphatic heterocycles. The normalized spacial score (nSPS) is 31.3. The maximum absolute atomic E-state index is 6.06. The number of nitrogens with two attached hydrogens (primary N) is 1. The van der Waals surface area contributed by atoms with Crippen molar-refractivity contribution in [1.29, 1.82) is 0 Å². The molecule has 94 valence electrons. The van der Waals surface area contributed by atoms with E-state index in [2.05, 4.69) is 12.0 Å². The molecule has 0 amide bonds. The van der Waals surface area contributed by atoms with Crippen LogP contribution in [0.4, 0.5) is 5.82 Å². The molecule has 3 nitrogen and oxygen atoms in total. The fraction of sp³-hybridized carbons (Fsp3) is 0.786. The van der Waals surface area contributed by atoms with Crippen molar-refractivity contribution >= 4 is 5.82 Å². The number of rotatable bonds is 3. The van der Waals surface area contributed by atoms with Crippen LogP contribution in [0.3, 0.4) is 0 Å². The lowest BCUT2D eigenvalue weighted by molar-refractivity contribution is 0.328. The van der Waals surface area contributed by atoms with Gasteiger partial charge in [0.05, 0.1) is 5.69 Å². The lowest BCUT2D eigenvalue weighted by atomic mass is 9.85. The quantitative estimate of drug-likeness (QED) is 0.872. The van der Waals surface area contributed by atoms with Crippen LogP contribution in [0.2, 0.25) is 0 Å². The lowest BCUT2D eigenvalue weighted by Crippen LogP contribution is -2.14. The maximum atomic E-state index is 6.06. The minimum atomic E-state index is 0.866. The summed E-state index contributed by atoms with van der Waals surface area (Å²) in [5.41, 5.74) is 8.62. The van der Waals surface area contributed by atoms with Crippen LogP contribution in [-0.2, 0) is 19.9 Å². The molecule has 2 bridgehead atoms. The van der Waals surface area contributed by atoms with Gasteiger partial charge in [0.15, 0.2) is 0 Å². The highest BCUT2D eigenvalue weighted by Crippen LogP contribution is 2.49. The van der Waals surface area contributed by atoms with Crippen LogP contribution in [0.5, 0.6) is 0 Å². The summed E-state index contributed by atoms with van der Waals surface area (Å²) >= 11 is 0. The van der Waals surface area contributed by atoms with E-state index in [1.807, 2.05) is 11.7 Å².